The molecule has 28 heavy (non-hydrogen) atoms. The van der Waals surface area contributed by atoms with E-state index in [1.165, 1.54) is 19.6 Å². The van der Waals surface area contributed by atoms with E-state index in [1.807, 2.05) is 22.8 Å². The molecule has 2 aliphatic heterocycles. The molecule has 146 valence electrons. The number of aromatic hydroxyl groups is 2. The number of halogens is 1. The highest BCUT2D eigenvalue weighted by atomic mass is 19.1. The number of ether oxygens (including phenoxy) is 2. The van der Waals surface area contributed by atoms with Gasteiger partial charge >= 0.3 is 0 Å². The van der Waals surface area contributed by atoms with Gasteiger partial charge in [-0.25, -0.2) is 9.37 Å². The molecule has 2 saturated heterocycles. The first-order valence-electron chi connectivity index (χ1n) is 9.22. The van der Waals surface area contributed by atoms with Crippen molar-refractivity contribution in [2.45, 2.75) is 12.5 Å². The summed E-state index contributed by atoms with van der Waals surface area (Å²) in [4.78, 5) is 6.95. The zero-order chi connectivity index (χ0) is 19.4. The van der Waals surface area contributed by atoms with Gasteiger partial charge in [0, 0.05) is 18.8 Å². The molecule has 3 heterocycles. The molecule has 0 saturated carbocycles. The molecule has 2 fully saturated rings. The number of hydrogen-bond donors (Lipinski definition) is 2. The fourth-order valence-corrected chi connectivity index (χ4v) is 3.72. The van der Waals surface area contributed by atoms with Gasteiger partial charge in [0.05, 0.1) is 43.0 Å². The highest BCUT2D eigenvalue weighted by Crippen LogP contribution is 2.44. The SMILES string of the molecule is COc1cc(-c2nc3cc(N4CCC4)ccc3n2C2COC2)c(F)c(O)c1O. The van der Waals surface area contributed by atoms with Crippen molar-refractivity contribution in [2.24, 2.45) is 0 Å². The van der Waals surface area contributed by atoms with E-state index in [9.17, 15) is 14.6 Å². The number of fused-ring (bicyclic) bond motifs is 1. The van der Waals surface area contributed by atoms with Crippen LogP contribution in [0.4, 0.5) is 10.1 Å². The summed E-state index contributed by atoms with van der Waals surface area (Å²) in [6, 6.07) is 7.43. The molecule has 8 heteroatoms. The first-order chi connectivity index (χ1) is 13.6. The van der Waals surface area contributed by atoms with Crippen LogP contribution >= 0.6 is 0 Å². The van der Waals surface area contributed by atoms with Crippen molar-refractivity contribution in [3.63, 3.8) is 0 Å². The number of imidazole rings is 1. The average molecular weight is 385 g/mol. The lowest BCUT2D eigenvalue weighted by Gasteiger charge is -2.33. The van der Waals surface area contributed by atoms with E-state index in [0.717, 1.165) is 29.8 Å². The van der Waals surface area contributed by atoms with E-state index in [1.54, 1.807) is 0 Å². The summed E-state index contributed by atoms with van der Waals surface area (Å²) < 4.78 is 27.2. The lowest BCUT2D eigenvalue weighted by atomic mass is 10.1. The van der Waals surface area contributed by atoms with Gasteiger partial charge in [-0.1, -0.05) is 0 Å². The summed E-state index contributed by atoms with van der Waals surface area (Å²) in [6.07, 6.45) is 1.18. The molecule has 1 aromatic heterocycles. The number of phenolic OH excluding ortho intramolecular Hbond substituents is 2. The van der Waals surface area contributed by atoms with Crippen LogP contribution < -0.4 is 9.64 Å². The van der Waals surface area contributed by atoms with Crippen molar-refractivity contribution >= 4 is 16.7 Å². The Morgan fingerprint density at radius 3 is 2.57 bits per heavy atom. The molecule has 0 aliphatic carbocycles. The van der Waals surface area contributed by atoms with Gasteiger partial charge in [0.2, 0.25) is 5.75 Å². The zero-order valence-electron chi connectivity index (χ0n) is 15.4. The van der Waals surface area contributed by atoms with Gasteiger partial charge in [0.1, 0.15) is 5.82 Å². The third-order valence-corrected chi connectivity index (χ3v) is 5.52. The molecule has 3 aromatic rings. The third-order valence-electron chi connectivity index (χ3n) is 5.52. The van der Waals surface area contributed by atoms with E-state index < -0.39 is 17.3 Å². The van der Waals surface area contributed by atoms with Crippen LogP contribution in [-0.4, -0.2) is 53.2 Å². The fourth-order valence-electron chi connectivity index (χ4n) is 3.72. The Kier molecular flexibility index (Phi) is 3.83. The lowest BCUT2D eigenvalue weighted by Crippen LogP contribution is -2.36. The molecule has 0 unspecified atom stereocenters. The Hall–Kier alpha value is -3.00. The zero-order valence-corrected chi connectivity index (χ0v) is 15.4. The van der Waals surface area contributed by atoms with E-state index >= 15 is 0 Å². The molecule has 2 N–H and O–H groups in total. The predicted octanol–water partition coefficient (Wildman–Crippen LogP) is 3.04. The molecule has 7 nitrogen and oxygen atoms in total. The first kappa shape index (κ1) is 17.1. The first-order valence-corrected chi connectivity index (χ1v) is 9.22. The Bertz CT molecular complexity index is 1070. The van der Waals surface area contributed by atoms with E-state index in [-0.39, 0.29) is 17.4 Å². The standard InChI is InChI=1S/C20H20FN3O4/c1-27-16-8-13(17(21)19(26)18(16)25)20-22-14-7-11(23-5-2-6-23)3-4-15(14)24(20)12-9-28-10-12/h3-4,7-8,12,25-26H,2,5-6,9-10H2,1H3. The number of phenols is 2. The Morgan fingerprint density at radius 1 is 1.18 bits per heavy atom. The molecular formula is C20H20FN3O4. The van der Waals surface area contributed by atoms with Crippen molar-refractivity contribution in [1.29, 1.82) is 0 Å². The number of methoxy groups -OCH3 is 1. The topological polar surface area (TPSA) is 80.0 Å². The summed E-state index contributed by atoms with van der Waals surface area (Å²) in [5, 5.41) is 19.9. The molecule has 0 bridgehead atoms. The van der Waals surface area contributed by atoms with E-state index in [0.29, 0.717) is 19.0 Å². The maximum absolute atomic E-state index is 14.9. The van der Waals surface area contributed by atoms with Crippen molar-refractivity contribution < 1.29 is 24.1 Å². The molecule has 5 rings (SSSR count). The minimum Gasteiger partial charge on any atom is -0.502 e. The summed E-state index contributed by atoms with van der Waals surface area (Å²) in [7, 11) is 1.35. The molecule has 2 aliphatic rings. The van der Waals surface area contributed by atoms with Crippen LogP contribution in [0.5, 0.6) is 17.2 Å². The summed E-state index contributed by atoms with van der Waals surface area (Å²) in [6.45, 7) is 3.06. The number of hydrogen-bond acceptors (Lipinski definition) is 6. The number of rotatable bonds is 4. The van der Waals surface area contributed by atoms with Gasteiger partial charge in [-0.05, 0) is 30.7 Å². The second-order valence-electron chi connectivity index (χ2n) is 7.15. The quantitative estimate of drug-likeness (QED) is 0.672. The molecular weight excluding hydrogens is 365 g/mol. The number of benzene rings is 2. The van der Waals surface area contributed by atoms with Crippen molar-refractivity contribution in [1.82, 2.24) is 9.55 Å². The smallest absolute Gasteiger partial charge is 0.203 e. The van der Waals surface area contributed by atoms with Crippen LogP contribution in [0.25, 0.3) is 22.4 Å². The van der Waals surface area contributed by atoms with Gasteiger partial charge in [-0.2, -0.15) is 0 Å². The predicted molar refractivity (Wildman–Crippen MR) is 102 cm³/mol. The monoisotopic (exact) mass is 385 g/mol. The van der Waals surface area contributed by atoms with E-state index in [4.69, 9.17) is 9.47 Å². The van der Waals surface area contributed by atoms with Gasteiger partial charge in [-0.15, -0.1) is 0 Å². The van der Waals surface area contributed by atoms with Crippen LogP contribution in [0.2, 0.25) is 0 Å². The maximum atomic E-state index is 14.9. The van der Waals surface area contributed by atoms with Gasteiger partial charge in [0.25, 0.3) is 0 Å². The Balaban J connectivity index is 1.73. The molecule has 0 amide bonds. The number of nitrogens with zero attached hydrogens (tertiary/aromatic N) is 3. The molecule has 0 atom stereocenters. The molecule has 2 aromatic carbocycles. The lowest BCUT2D eigenvalue weighted by molar-refractivity contribution is -0.0209. The highest BCUT2D eigenvalue weighted by Gasteiger charge is 2.30. The summed E-state index contributed by atoms with van der Waals surface area (Å²) in [5.41, 5.74) is 2.78. The van der Waals surface area contributed by atoms with E-state index in [2.05, 4.69) is 9.88 Å². The minimum absolute atomic E-state index is 0.0152. The second-order valence-corrected chi connectivity index (χ2v) is 7.15. The van der Waals surface area contributed by atoms with Crippen LogP contribution in [0.1, 0.15) is 12.5 Å². The normalized spacial score (nSPS) is 16.9. The van der Waals surface area contributed by atoms with Gasteiger partial charge < -0.3 is 29.2 Å². The second kappa shape index (κ2) is 6.27. The third kappa shape index (κ3) is 2.41. The largest absolute Gasteiger partial charge is 0.502 e. The average Bonchev–Trinajstić information content (AvgIpc) is 2.96. The molecule has 0 radical (unpaired) electrons. The van der Waals surface area contributed by atoms with Crippen LogP contribution in [-0.2, 0) is 4.74 Å². The summed E-state index contributed by atoms with van der Waals surface area (Å²) >= 11 is 0. The number of anilines is 1. The van der Waals surface area contributed by atoms with Crippen molar-refractivity contribution in [2.75, 3.05) is 38.3 Å². The van der Waals surface area contributed by atoms with Gasteiger partial charge in [0.15, 0.2) is 17.3 Å². The fraction of sp³-hybridized carbons (Fsp3) is 0.350. The van der Waals surface area contributed by atoms with Gasteiger partial charge in [-0.3, -0.25) is 0 Å². The van der Waals surface area contributed by atoms with Crippen LogP contribution in [0, 0.1) is 5.82 Å². The van der Waals surface area contributed by atoms with Crippen molar-refractivity contribution in [3.05, 3.63) is 30.1 Å². The Morgan fingerprint density at radius 2 is 1.96 bits per heavy atom. The maximum Gasteiger partial charge on any atom is 0.203 e. The van der Waals surface area contributed by atoms with Crippen LogP contribution in [0.3, 0.4) is 0 Å². The van der Waals surface area contributed by atoms with Crippen LogP contribution in [0.15, 0.2) is 24.3 Å². The molecule has 0 spiro atoms. The van der Waals surface area contributed by atoms with Crippen molar-refractivity contribution in [3.8, 4) is 28.6 Å². The number of aromatic nitrogens is 2. The Labute approximate surface area is 160 Å². The summed E-state index contributed by atoms with van der Waals surface area (Å²) in [5.74, 6) is -2.05. The minimum atomic E-state index is -0.932. The highest BCUT2D eigenvalue weighted by molar-refractivity contribution is 5.85.